The number of nitrogens with one attached hydrogen (secondary N) is 2. The molecule has 0 saturated carbocycles. The predicted molar refractivity (Wildman–Crippen MR) is 119 cm³/mol. The molecule has 10 heteroatoms. The summed E-state index contributed by atoms with van der Waals surface area (Å²) < 4.78 is 5.33. The standard InChI is InChI=1S/C22H24ClN3O6/c1-14(2)8-11-19(27)24-13-20(28)32-21(15-6-4-3-5-7-15)22(29)25-18-10-9-16(26(30)31)12-17(18)23/h3-7,9-10,12,14,21H,8,11,13H2,1-2H3,(H,24,27)(H,25,29). The van der Waals surface area contributed by atoms with Crippen LogP contribution in [0.25, 0.3) is 0 Å². The number of hydrogen-bond acceptors (Lipinski definition) is 6. The van der Waals surface area contributed by atoms with Crippen molar-refractivity contribution in [3.05, 3.63) is 69.2 Å². The van der Waals surface area contributed by atoms with Crippen molar-refractivity contribution in [2.45, 2.75) is 32.8 Å². The summed E-state index contributed by atoms with van der Waals surface area (Å²) in [5.74, 6) is -1.42. The third-order valence-corrected chi connectivity index (χ3v) is 4.70. The van der Waals surface area contributed by atoms with Crippen LogP contribution in [0.15, 0.2) is 48.5 Å². The van der Waals surface area contributed by atoms with Crippen molar-refractivity contribution in [1.82, 2.24) is 5.32 Å². The number of hydrogen-bond donors (Lipinski definition) is 2. The van der Waals surface area contributed by atoms with Crippen LogP contribution in [0.1, 0.15) is 38.4 Å². The van der Waals surface area contributed by atoms with E-state index in [1.807, 2.05) is 13.8 Å². The molecule has 1 atom stereocenters. The number of halogens is 1. The Morgan fingerprint density at radius 2 is 1.81 bits per heavy atom. The number of rotatable bonds is 10. The van der Waals surface area contributed by atoms with Crippen LogP contribution in [0.4, 0.5) is 11.4 Å². The van der Waals surface area contributed by atoms with Gasteiger partial charge in [-0.1, -0.05) is 55.8 Å². The fraction of sp³-hybridized carbons (Fsp3) is 0.318. The van der Waals surface area contributed by atoms with Crippen LogP contribution >= 0.6 is 11.6 Å². The van der Waals surface area contributed by atoms with Crippen LogP contribution in [0.5, 0.6) is 0 Å². The number of benzene rings is 2. The molecule has 0 fully saturated rings. The Balaban J connectivity index is 2.09. The van der Waals surface area contributed by atoms with E-state index < -0.39 is 22.9 Å². The smallest absolute Gasteiger partial charge is 0.326 e. The highest BCUT2D eigenvalue weighted by Gasteiger charge is 2.26. The molecule has 0 bridgehead atoms. The van der Waals surface area contributed by atoms with Crippen LogP contribution in [-0.4, -0.2) is 29.3 Å². The van der Waals surface area contributed by atoms with E-state index in [4.69, 9.17) is 16.3 Å². The number of amides is 2. The van der Waals surface area contributed by atoms with Crippen LogP contribution < -0.4 is 10.6 Å². The minimum atomic E-state index is -1.32. The lowest BCUT2D eigenvalue weighted by molar-refractivity contribution is -0.384. The Labute approximate surface area is 190 Å². The molecule has 0 radical (unpaired) electrons. The summed E-state index contributed by atoms with van der Waals surface area (Å²) in [6, 6.07) is 11.9. The molecule has 170 valence electrons. The predicted octanol–water partition coefficient (Wildman–Crippen LogP) is 4.02. The van der Waals surface area contributed by atoms with E-state index in [9.17, 15) is 24.5 Å². The number of non-ortho nitro benzene ring substituents is 1. The number of carbonyl (C=O) groups is 3. The van der Waals surface area contributed by atoms with Crippen LogP contribution in [-0.2, 0) is 19.1 Å². The van der Waals surface area contributed by atoms with E-state index in [2.05, 4.69) is 10.6 Å². The first-order valence-corrected chi connectivity index (χ1v) is 10.3. The van der Waals surface area contributed by atoms with Gasteiger partial charge in [-0.2, -0.15) is 0 Å². The van der Waals surface area contributed by atoms with E-state index in [0.29, 0.717) is 17.9 Å². The van der Waals surface area contributed by atoms with Crippen molar-refractivity contribution in [3.8, 4) is 0 Å². The molecule has 2 rings (SSSR count). The van der Waals surface area contributed by atoms with Crippen molar-refractivity contribution in [2.24, 2.45) is 5.92 Å². The molecule has 0 spiro atoms. The lowest BCUT2D eigenvalue weighted by Crippen LogP contribution is -2.33. The van der Waals surface area contributed by atoms with Gasteiger partial charge in [0, 0.05) is 24.1 Å². The van der Waals surface area contributed by atoms with E-state index in [1.165, 1.54) is 12.1 Å². The molecule has 0 aromatic heterocycles. The Morgan fingerprint density at radius 1 is 1.12 bits per heavy atom. The Morgan fingerprint density at radius 3 is 2.41 bits per heavy atom. The van der Waals surface area contributed by atoms with Crippen molar-refractivity contribution in [3.63, 3.8) is 0 Å². The molecule has 2 N–H and O–H groups in total. The molecule has 0 heterocycles. The Bertz CT molecular complexity index is 981. The van der Waals surface area contributed by atoms with Gasteiger partial charge in [0.05, 0.1) is 15.6 Å². The summed E-state index contributed by atoms with van der Waals surface area (Å²) in [6.45, 7) is 3.59. The van der Waals surface area contributed by atoms with Gasteiger partial charge in [0.25, 0.3) is 11.6 Å². The molecule has 2 aromatic carbocycles. The van der Waals surface area contributed by atoms with Crippen LogP contribution in [0.3, 0.4) is 0 Å². The van der Waals surface area contributed by atoms with Gasteiger partial charge < -0.3 is 15.4 Å². The monoisotopic (exact) mass is 461 g/mol. The maximum absolute atomic E-state index is 12.9. The van der Waals surface area contributed by atoms with Crippen LogP contribution in [0, 0.1) is 16.0 Å². The third kappa shape index (κ3) is 7.66. The number of ether oxygens (including phenoxy) is 1. The summed E-state index contributed by atoms with van der Waals surface area (Å²) in [6.07, 6.45) is -0.347. The van der Waals surface area contributed by atoms with E-state index in [1.54, 1.807) is 30.3 Å². The second kappa shape index (κ2) is 11.8. The topological polar surface area (TPSA) is 128 Å². The number of nitro benzene ring substituents is 1. The molecule has 0 aliphatic heterocycles. The van der Waals surface area contributed by atoms with Gasteiger partial charge in [-0.3, -0.25) is 24.5 Å². The minimum absolute atomic E-state index is 0.0388. The van der Waals surface area contributed by atoms with Crippen molar-refractivity contribution >= 4 is 40.8 Å². The largest absolute Gasteiger partial charge is 0.446 e. The van der Waals surface area contributed by atoms with Gasteiger partial charge in [-0.25, -0.2) is 0 Å². The van der Waals surface area contributed by atoms with E-state index in [0.717, 1.165) is 6.07 Å². The quantitative estimate of drug-likeness (QED) is 0.312. The molecule has 0 saturated heterocycles. The number of esters is 1. The first kappa shape index (κ1) is 24.8. The van der Waals surface area contributed by atoms with E-state index >= 15 is 0 Å². The molecule has 9 nitrogen and oxygen atoms in total. The van der Waals surface area contributed by atoms with Crippen molar-refractivity contribution in [1.29, 1.82) is 0 Å². The Kier molecular flexibility index (Phi) is 9.15. The average Bonchev–Trinajstić information content (AvgIpc) is 2.76. The maximum Gasteiger partial charge on any atom is 0.326 e. The fourth-order valence-corrected chi connectivity index (χ4v) is 2.89. The van der Waals surface area contributed by atoms with Crippen molar-refractivity contribution < 1.29 is 24.0 Å². The lowest BCUT2D eigenvalue weighted by atomic mass is 10.1. The molecule has 0 aliphatic carbocycles. The van der Waals surface area contributed by atoms with Gasteiger partial charge in [-0.15, -0.1) is 0 Å². The first-order chi connectivity index (χ1) is 15.2. The molecule has 2 aromatic rings. The summed E-state index contributed by atoms with van der Waals surface area (Å²) in [5, 5.41) is 15.8. The highest BCUT2D eigenvalue weighted by Crippen LogP contribution is 2.28. The zero-order valence-corrected chi connectivity index (χ0v) is 18.4. The molecule has 1 unspecified atom stereocenters. The second-order valence-electron chi connectivity index (χ2n) is 7.40. The van der Waals surface area contributed by atoms with Gasteiger partial charge >= 0.3 is 5.97 Å². The zero-order valence-electron chi connectivity index (χ0n) is 17.7. The van der Waals surface area contributed by atoms with E-state index in [-0.39, 0.29) is 35.3 Å². The summed E-state index contributed by atoms with van der Waals surface area (Å²) in [5.41, 5.74) is 0.302. The normalized spacial score (nSPS) is 11.5. The summed E-state index contributed by atoms with van der Waals surface area (Å²) in [4.78, 5) is 47.2. The SMILES string of the molecule is CC(C)CCC(=O)NCC(=O)OC(C(=O)Nc1ccc([N+](=O)[O-])cc1Cl)c1ccccc1. The highest BCUT2D eigenvalue weighted by molar-refractivity contribution is 6.34. The summed E-state index contributed by atoms with van der Waals surface area (Å²) in [7, 11) is 0. The second-order valence-corrected chi connectivity index (χ2v) is 7.81. The van der Waals surface area contributed by atoms with Gasteiger partial charge in [0.1, 0.15) is 6.54 Å². The number of carbonyl (C=O) groups excluding carboxylic acids is 3. The van der Waals surface area contributed by atoms with Gasteiger partial charge in [0.15, 0.2) is 0 Å². The number of anilines is 1. The number of nitrogens with zero attached hydrogens (tertiary/aromatic N) is 1. The third-order valence-electron chi connectivity index (χ3n) is 4.39. The first-order valence-electron chi connectivity index (χ1n) is 9.93. The van der Waals surface area contributed by atoms with Crippen LogP contribution in [0.2, 0.25) is 5.02 Å². The molecule has 2 amide bonds. The summed E-state index contributed by atoms with van der Waals surface area (Å²) >= 11 is 6.04. The van der Waals surface area contributed by atoms with Gasteiger partial charge in [-0.05, 0) is 18.4 Å². The molecular formula is C22H24ClN3O6. The molecular weight excluding hydrogens is 438 g/mol. The number of nitro groups is 1. The molecule has 0 aliphatic rings. The fourth-order valence-electron chi connectivity index (χ4n) is 2.67. The average molecular weight is 462 g/mol. The zero-order chi connectivity index (χ0) is 23.7. The highest BCUT2D eigenvalue weighted by atomic mass is 35.5. The minimum Gasteiger partial charge on any atom is -0.446 e. The Hall–Kier alpha value is -3.46. The van der Waals surface area contributed by atoms with Crippen molar-refractivity contribution in [2.75, 3.05) is 11.9 Å². The van der Waals surface area contributed by atoms with Gasteiger partial charge in [0.2, 0.25) is 12.0 Å². The lowest BCUT2D eigenvalue weighted by Gasteiger charge is -2.18. The molecule has 32 heavy (non-hydrogen) atoms. The maximum atomic E-state index is 12.9.